The molecule has 164 valence electrons. The molecule has 6 nitrogen and oxygen atoms in total. The first kappa shape index (κ1) is 23.1. The first-order chi connectivity index (χ1) is 14.9. The van der Waals surface area contributed by atoms with Crippen molar-refractivity contribution in [2.45, 2.75) is 12.2 Å². The number of carbonyl (C=O) groups excluding carboxylic acids is 3. The number of rotatable bonds is 4. The standard InChI is InChI=1S/C22H23ClFN3O3S/c1-31-14-16-13-18(7-8-19(16)23)25-20(28)22(30)27-10-2-9-26(11-12-27)21(29)15-3-5-17(24)6-4-15/h3-8,13H,2,9-12,14H2,1H3,(H,25,28). The van der Waals surface area contributed by atoms with E-state index in [1.807, 2.05) is 6.26 Å². The monoisotopic (exact) mass is 463 g/mol. The van der Waals surface area contributed by atoms with Crippen LogP contribution >= 0.6 is 23.4 Å². The molecule has 2 aromatic carbocycles. The number of hydrogen-bond acceptors (Lipinski definition) is 4. The van der Waals surface area contributed by atoms with Crippen molar-refractivity contribution in [2.24, 2.45) is 0 Å². The highest BCUT2D eigenvalue weighted by Gasteiger charge is 2.26. The van der Waals surface area contributed by atoms with Gasteiger partial charge < -0.3 is 15.1 Å². The second-order valence-electron chi connectivity index (χ2n) is 7.14. The van der Waals surface area contributed by atoms with Crippen molar-refractivity contribution in [1.82, 2.24) is 9.80 Å². The number of thioether (sulfide) groups is 1. The van der Waals surface area contributed by atoms with E-state index in [1.165, 1.54) is 29.2 Å². The summed E-state index contributed by atoms with van der Waals surface area (Å²) in [6.07, 6.45) is 2.50. The molecular weight excluding hydrogens is 441 g/mol. The number of carbonyl (C=O) groups is 3. The smallest absolute Gasteiger partial charge is 0.313 e. The Balaban J connectivity index is 1.60. The maximum absolute atomic E-state index is 13.1. The first-order valence-corrected chi connectivity index (χ1v) is 11.6. The molecule has 0 aromatic heterocycles. The molecule has 31 heavy (non-hydrogen) atoms. The van der Waals surface area contributed by atoms with Crippen molar-refractivity contribution in [3.63, 3.8) is 0 Å². The van der Waals surface area contributed by atoms with Gasteiger partial charge in [0, 0.05) is 48.2 Å². The molecule has 2 aromatic rings. The fraction of sp³-hybridized carbons (Fsp3) is 0.318. The van der Waals surface area contributed by atoms with Gasteiger partial charge in [-0.1, -0.05) is 11.6 Å². The Morgan fingerprint density at radius 3 is 2.42 bits per heavy atom. The van der Waals surface area contributed by atoms with Crippen LogP contribution in [0.25, 0.3) is 0 Å². The van der Waals surface area contributed by atoms with E-state index in [2.05, 4.69) is 5.32 Å². The van der Waals surface area contributed by atoms with Crippen LogP contribution < -0.4 is 5.32 Å². The summed E-state index contributed by atoms with van der Waals surface area (Å²) >= 11 is 7.76. The van der Waals surface area contributed by atoms with Crippen LogP contribution in [-0.2, 0) is 15.3 Å². The largest absolute Gasteiger partial charge is 0.337 e. The van der Waals surface area contributed by atoms with Crippen LogP contribution in [0.3, 0.4) is 0 Å². The molecule has 3 rings (SSSR count). The van der Waals surface area contributed by atoms with E-state index in [9.17, 15) is 18.8 Å². The zero-order valence-corrected chi connectivity index (χ0v) is 18.6. The predicted molar refractivity (Wildman–Crippen MR) is 121 cm³/mol. The molecule has 1 saturated heterocycles. The quantitative estimate of drug-likeness (QED) is 0.702. The van der Waals surface area contributed by atoms with Crippen molar-refractivity contribution in [3.05, 3.63) is 64.4 Å². The van der Waals surface area contributed by atoms with Crippen molar-refractivity contribution in [2.75, 3.05) is 37.8 Å². The van der Waals surface area contributed by atoms with Crippen LogP contribution in [-0.4, -0.2) is 60.0 Å². The minimum absolute atomic E-state index is 0.221. The zero-order chi connectivity index (χ0) is 22.4. The Labute approximate surface area is 189 Å². The lowest BCUT2D eigenvalue weighted by Gasteiger charge is -2.22. The van der Waals surface area contributed by atoms with Crippen LogP contribution in [0.2, 0.25) is 5.02 Å². The molecule has 0 spiro atoms. The van der Waals surface area contributed by atoms with Gasteiger partial charge in [-0.2, -0.15) is 11.8 Å². The lowest BCUT2D eigenvalue weighted by atomic mass is 10.2. The van der Waals surface area contributed by atoms with Gasteiger partial charge in [0.2, 0.25) is 0 Å². The Morgan fingerprint density at radius 2 is 1.71 bits per heavy atom. The van der Waals surface area contributed by atoms with E-state index in [1.54, 1.807) is 34.9 Å². The first-order valence-electron chi connectivity index (χ1n) is 9.81. The maximum atomic E-state index is 13.1. The molecule has 1 aliphatic heterocycles. The summed E-state index contributed by atoms with van der Waals surface area (Å²) in [5.74, 6) is -1.30. The molecule has 9 heteroatoms. The van der Waals surface area contributed by atoms with Gasteiger partial charge in [-0.05, 0) is 60.7 Å². The number of nitrogens with one attached hydrogen (secondary N) is 1. The summed E-state index contributed by atoms with van der Waals surface area (Å²) in [6, 6.07) is 10.5. The molecule has 1 N–H and O–H groups in total. The van der Waals surface area contributed by atoms with Gasteiger partial charge in [0.05, 0.1) is 0 Å². The maximum Gasteiger partial charge on any atom is 0.313 e. The topological polar surface area (TPSA) is 69.7 Å². The van der Waals surface area contributed by atoms with E-state index < -0.39 is 17.6 Å². The molecule has 1 fully saturated rings. The van der Waals surface area contributed by atoms with E-state index in [4.69, 9.17) is 11.6 Å². The molecule has 0 aliphatic carbocycles. The van der Waals surface area contributed by atoms with E-state index in [0.717, 1.165) is 5.56 Å². The predicted octanol–water partition coefficient (Wildman–Crippen LogP) is 3.66. The van der Waals surface area contributed by atoms with E-state index in [-0.39, 0.29) is 12.5 Å². The van der Waals surface area contributed by atoms with Gasteiger partial charge in [-0.25, -0.2) is 4.39 Å². The van der Waals surface area contributed by atoms with Gasteiger partial charge in [0.25, 0.3) is 5.91 Å². The van der Waals surface area contributed by atoms with E-state index >= 15 is 0 Å². The van der Waals surface area contributed by atoms with Gasteiger partial charge in [0.15, 0.2) is 0 Å². The van der Waals surface area contributed by atoms with Crippen LogP contribution in [0.15, 0.2) is 42.5 Å². The molecule has 3 amide bonds. The SMILES string of the molecule is CSCc1cc(NC(=O)C(=O)N2CCCN(C(=O)c3ccc(F)cc3)CC2)ccc1Cl. The Kier molecular flexibility index (Phi) is 7.92. The lowest BCUT2D eigenvalue weighted by molar-refractivity contribution is -0.143. The molecule has 0 bridgehead atoms. The molecule has 1 aliphatic rings. The van der Waals surface area contributed by atoms with Crippen molar-refractivity contribution >= 4 is 46.8 Å². The third kappa shape index (κ3) is 5.98. The van der Waals surface area contributed by atoms with Gasteiger partial charge >= 0.3 is 11.8 Å². The molecule has 0 radical (unpaired) electrons. The summed E-state index contributed by atoms with van der Waals surface area (Å²) in [5.41, 5.74) is 1.78. The highest BCUT2D eigenvalue weighted by molar-refractivity contribution is 7.97. The minimum atomic E-state index is -0.726. The average Bonchev–Trinajstić information content (AvgIpc) is 3.02. The normalized spacial score (nSPS) is 14.2. The number of nitrogens with zero attached hydrogens (tertiary/aromatic N) is 2. The number of benzene rings is 2. The van der Waals surface area contributed by atoms with E-state index in [0.29, 0.717) is 48.1 Å². The molecule has 0 saturated carbocycles. The number of halogens is 2. The Morgan fingerprint density at radius 1 is 1.03 bits per heavy atom. The second kappa shape index (κ2) is 10.6. The second-order valence-corrected chi connectivity index (χ2v) is 8.41. The minimum Gasteiger partial charge on any atom is -0.337 e. The number of hydrogen-bond donors (Lipinski definition) is 1. The molecule has 0 atom stereocenters. The molecule has 0 unspecified atom stereocenters. The summed E-state index contributed by atoms with van der Waals surface area (Å²) in [6.45, 7) is 1.38. The Bertz CT molecular complexity index is 971. The highest BCUT2D eigenvalue weighted by atomic mass is 35.5. The van der Waals surface area contributed by atoms with Crippen LogP contribution in [0.1, 0.15) is 22.3 Å². The van der Waals surface area contributed by atoms with Crippen molar-refractivity contribution < 1.29 is 18.8 Å². The van der Waals surface area contributed by atoms with Crippen molar-refractivity contribution in [1.29, 1.82) is 0 Å². The number of anilines is 1. The summed E-state index contributed by atoms with van der Waals surface area (Å²) in [7, 11) is 0. The summed E-state index contributed by atoms with van der Waals surface area (Å²) in [4.78, 5) is 40.8. The third-order valence-corrected chi connectivity index (χ3v) is 5.93. The van der Waals surface area contributed by atoms with Gasteiger partial charge in [0.1, 0.15) is 5.82 Å². The van der Waals surface area contributed by atoms with Crippen LogP contribution in [0.4, 0.5) is 10.1 Å². The summed E-state index contributed by atoms with van der Waals surface area (Å²) in [5, 5.41) is 3.24. The lowest BCUT2D eigenvalue weighted by Crippen LogP contribution is -2.42. The zero-order valence-electron chi connectivity index (χ0n) is 17.1. The van der Waals surface area contributed by atoms with Crippen molar-refractivity contribution in [3.8, 4) is 0 Å². The van der Waals surface area contributed by atoms with Crippen LogP contribution in [0, 0.1) is 5.82 Å². The molecule has 1 heterocycles. The summed E-state index contributed by atoms with van der Waals surface area (Å²) < 4.78 is 13.1. The fourth-order valence-corrected chi connectivity index (χ4v) is 4.16. The fourth-order valence-electron chi connectivity index (χ4n) is 3.35. The van der Waals surface area contributed by atoms with Gasteiger partial charge in [-0.15, -0.1) is 0 Å². The highest BCUT2D eigenvalue weighted by Crippen LogP contribution is 2.24. The third-order valence-electron chi connectivity index (χ3n) is 4.96. The Hall–Kier alpha value is -2.58. The average molecular weight is 464 g/mol. The van der Waals surface area contributed by atoms with Crippen LogP contribution in [0.5, 0.6) is 0 Å². The molecular formula is C22H23ClFN3O3S. The van der Waals surface area contributed by atoms with Gasteiger partial charge in [-0.3, -0.25) is 14.4 Å². The number of amides is 3.